The normalized spacial score (nSPS) is 21.1. The first-order chi connectivity index (χ1) is 7.84. The number of hydrogen-bond acceptors (Lipinski definition) is 3. The van der Waals surface area contributed by atoms with Gasteiger partial charge in [0.1, 0.15) is 0 Å². The van der Waals surface area contributed by atoms with Crippen LogP contribution in [0.2, 0.25) is 0 Å². The van der Waals surface area contributed by atoms with Crippen molar-refractivity contribution in [2.75, 3.05) is 26.2 Å². The standard InChI is InChI=1S/C12H16N2OS/c15-12(14-7-5-13-6-8-14)11-4-3-10(16-11)9-1-2-9/h3-4,9,13H,1-2,5-8H2. The van der Waals surface area contributed by atoms with Gasteiger partial charge in [-0.2, -0.15) is 0 Å². The molecule has 2 aliphatic rings. The number of rotatable bonds is 2. The molecule has 0 radical (unpaired) electrons. The zero-order chi connectivity index (χ0) is 11.0. The van der Waals surface area contributed by atoms with Gasteiger partial charge in [-0.05, 0) is 30.9 Å². The molecule has 86 valence electrons. The van der Waals surface area contributed by atoms with Crippen LogP contribution in [0.5, 0.6) is 0 Å². The van der Waals surface area contributed by atoms with E-state index in [1.807, 2.05) is 11.0 Å². The fourth-order valence-corrected chi connectivity index (χ4v) is 3.22. The number of carbonyl (C=O) groups is 1. The van der Waals surface area contributed by atoms with Crippen LogP contribution in [0.3, 0.4) is 0 Å². The van der Waals surface area contributed by atoms with E-state index in [4.69, 9.17) is 0 Å². The van der Waals surface area contributed by atoms with Gasteiger partial charge >= 0.3 is 0 Å². The van der Waals surface area contributed by atoms with Crippen LogP contribution in [0, 0.1) is 0 Å². The second-order valence-corrected chi connectivity index (χ2v) is 5.63. The molecule has 16 heavy (non-hydrogen) atoms. The summed E-state index contributed by atoms with van der Waals surface area (Å²) >= 11 is 1.69. The number of hydrogen-bond donors (Lipinski definition) is 1. The van der Waals surface area contributed by atoms with Gasteiger partial charge in [-0.15, -0.1) is 11.3 Å². The fraction of sp³-hybridized carbons (Fsp3) is 0.583. The molecule has 0 spiro atoms. The molecule has 1 N–H and O–H groups in total. The first kappa shape index (κ1) is 10.3. The van der Waals surface area contributed by atoms with E-state index < -0.39 is 0 Å². The lowest BCUT2D eigenvalue weighted by atomic mass is 10.3. The molecule has 4 heteroatoms. The van der Waals surface area contributed by atoms with Gasteiger partial charge in [0.15, 0.2) is 0 Å². The molecule has 0 unspecified atom stereocenters. The SMILES string of the molecule is O=C(c1ccc(C2CC2)s1)N1CCNCC1. The van der Waals surface area contributed by atoms with Gasteiger partial charge in [-0.3, -0.25) is 4.79 Å². The Morgan fingerprint density at radius 1 is 1.31 bits per heavy atom. The number of piperazine rings is 1. The van der Waals surface area contributed by atoms with Gasteiger partial charge in [0.2, 0.25) is 0 Å². The van der Waals surface area contributed by atoms with Crippen molar-refractivity contribution < 1.29 is 4.79 Å². The Balaban J connectivity index is 1.71. The third-order valence-electron chi connectivity index (χ3n) is 3.22. The Morgan fingerprint density at radius 2 is 2.06 bits per heavy atom. The molecule has 2 heterocycles. The van der Waals surface area contributed by atoms with Crippen LogP contribution in [-0.4, -0.2) is 37.0 Å². The van der Waals surface area contributed by atoms with Gasteiger partial charge in [0.25, 0.3) is 5.91 Å². The maximum absolute atomic E-state index is 12.2. The molecule has 0 atom stereocenters. The lowest BCUT2D eigenvalue weighted by Gasteiger charge is -2.26. The highest BCUT2D eigenvalue weighted by atomic mass is 32.1. The van der Waals surface area contributed by atoms with Crippen molar-refractivity contribution in [2.45, 2.75) is 18.8 Å². The Labute approximate surface area is 99.5 Å². The van der Waals surface area contributed by atoms with Crippen molar-refractivity contribution in [1.29, 1.82) is 0 Å². The molecule has 3 rings (SSSR count). The average molecular weight is 236 g/mol. The quantitative estimate of drug-likeness (QED) is 0.847. The van der Waals surface area contributed by atoms with Crippen molar-refractivity contribution in [2.24, 2.45) is 0 Å². The Morgan fingerprint density at radius 3 is 2.75 bits per heavy atom. The van der Waals surface area contributed by atoms with Gasteiger partial charge in [-0.1, -0.05) is 0 Å². The predicted molar refractivity (Wildman–Crippen MR) is 65.1 cm³/mol. The number of thiophene rings is 1. The molecule has 0 bridgehead atoms. The number of carbonyl (C=O) groups excluding carboxylic acids is 1. The molecule has 2 fully saturated rings. The summed E-state index contributed by atoms with van der Waals surface area (Å²) in [6, 6.07) is 4.14. The minimum absolute atomic E-state index is 0.221. The summed E-state index contributed by atoms with van der Waals surface area (Å²) in [5.74, 6) is 0.980. The highest BCUT2D eigenvalue weighted by Crippen LogP contribution is 2.43. The highest BCUT2D eigenvalue weighted by Gasteiger charge is 2.27. The molecule has 3 nitrogen and oxygen atoms in total. The maximum Gasteiger partial charge on any atom is 0.264 e. The van der Waals surface area contributed by atoms with Crippen molar-refractivity contribution in [3.63, 3.8) is 0 Å². The summed E-state index contributed by atoms with van der Waals surface area (Å²) < 4.78 is 0. The van der Waals surface area contributed by atoms with E-state index in [9.17, 15) is 4.79 Å². The summed E-state index contributed by atoms with van der Waals surface area (Å²) in [4.78, 5) is 16.4. The van der Waals surface area contributed by atoms with Gasteiger partial charge < -0.3 is 10.2 Å². The van der Waals surface area contributed by atoms with Crippen molar-refractivity contribution in [1.82, 2.24) is 10.2 Å². The van der Waals surface area contributed by atoms with Crippen molar-refractivity contribution in [3.8, 4) is 0 Å². The molecule has 1 aliphatic carbocycles. The van der Waals surface area contributed by atoms with E-state index in [2.05, 4.69) is 11.4 Å². The fourth-order valence-electron chi connectivity index (χ4n) is 2.08. The number of nitrogens with zero attached hydrogens (tertiary/aromatic N) is 1. The third kappa shape index (κ3) is 1.99. The lowest BCUT2D eigenvalue weighted by molar-refractivity contribution is 0.0740. The van der Waals surface area contributed by atoms with Gasteiger partial charge in [0.05, 0.1) is 4.88 Å². The van der Waals surface area contributed by atoms with Crippen LogP contribution >= 0.6 is 11.3 Å². The minimum Gasteiger partial charge on any atom is -0.335 e. The van der Waals surface area contributed by atoms with E-state index >= 15 is 0 Å². The predicted octanol–water partition coefficient (Wildman–Crippen LogP) is 1.67. The number of amides is 1. The van der Waals surface area contributed by atoms with Crippen LogP contribution in [0.4, 0.5) is 0 Å². The zero-order valence-corrected chi connectivity index (χ0v) is 10.1. The van der Waals surface area contributed by atoms with Gasteiger partial charge in [-0.25, -0.2) is 0 Å². The highest BCUT2D eigenvalue weighted by molar-refractivity contribution is 7.14. The summed E-state index contributed by atoms with van der Waals surface area (Å²) in [6.45, 7) is 3.53. The topological polar surface area (TPSA) is 32.3 Å². The molecule has 1 saturated carbocycles. The maximum atomic E-state index is 12.2. The second-order valence-electron chi connectivity index (χ2n) is 4.52. The first-order valence-corrected chi connectivity index (χ1v) is 6.76. The van der Waals surface area contributed by atoms with Crippen molar-refractivity contribution >= 4 is 17.2 Å². The summed E-state index contributed by atoms with van der Waals surface area (Å²) in [6.07, 6.45) is 2.61. The van der Waals surface area contributed by atoms with Crippen LogP contribution < -0.4 is 5.32 Å². The molecular weight excluding hydrogens is 220 g/mol. The van der Waals surface area contributed by atoms with E-state index in [1.54, 1.807) is 11.3 Å². The second kappa shape index (κ2) is 4.18. The van der Waals surface area contributed by atoms with Crippen molar-refractivity contribution in [3.05, 3.63) is 21.9 Å². The molecule has 0 aromatic carbocycles. The zero-order valence-electron chi connectivity index (χ0n) is 9.24. The molecule has 1 aromatic heterocycles. The molecular formula is C12H16N2OS. The van der Waals surface area contributed by atoms with E-state index in [-0.39, 0.29) is 5.91 Å². The number of nitrogens with one attached hydrogen (secondary N) is 1. The van der Waals surface area contributed by atoms with Crippen LogP contribution in [0.1, 0.15) is 33.3 Å². The third-order valence-corrected chi connectivity index (χ3v) is 4.46. The largest absolute Gasteiger partial charge is 0.335 e. The molecule has 1 amide bonds. The van der Waals surface area contributed by atoms with E-state index in [0.29, 0.717) is 0 Å². The molecule has 1 saturated heterocycles. The van der Waals surface area contributed by atoms with Crippen LogP contribution in [0.25, 0.3) is 0 Å². The Hall–Kier alpha value is -0.870. The summed E-state index contributed by atoms with van der Waals surface area (Å²) in [5, 5.41) is 3.26. The Bertz CT molecular complexity index is 391. The summed E-state index contributed by atoms with van der Waals surface area (Å²) in [5.41, 5.74) is 0. The smallest absolute Gasteiger partial charge is 0.264 e. The summed E-state index contributed by atoms with van der Waals surface area (Å²) in [7, 11) is 0. The van der Waals surface area contributed by atoms with Gasteiger partial charge in [0, 0.05) is 31.1 Å². The van der Waals surface area contributed by atoms with Crippen LogP contribution in [0.15, 0.2) is 12.1 Å². The molecule has 1 aromatic rings. The van der Waals surface area contributed by atoms with E-state index in [0.717, 1.165) is 37.0 Å². The van der Waals surface area contributed by atoms with E-state index in [1.165, 1.54) is 17.7 Å². The molecule has 1 aliphatic heterocycles. The average Bonchev–Trinajstić information content (AvgIpc) is 3.08. The minimum atomic E-state index is 0.221. The first-order valence-electron chi connectivity index (χ1n) is 5.94. The lowest BCUT2D eigenvalue weighted by Crippen LogP contribution is -2.46. The monoisotopic (exact) mass is 236 g/mol. The van der Waals surface area contributed by atoms with Crippen LogP contribution in [-0.2, 0) is 0 Å². The Kier molecular flexibility index (Phi) is 2.69.